The van der Waals surface area contributed by atoms with Crippen LogP contribution in [-0.2, 0) is 5.41 Å². The molecule has 0 atom stereocenters. The second-order valence-electron chi connectivity index (χ2n) is 7.85. The van der Waals surface area contributed by atoms with Gasteiger partial charge in [-0.1, -0.05) is 32.9 Å². The minimum Gasteiger partial charge on any atom is -0.357 e. The van der Waals surface area contributed by atoms with E-state index in [0.29, 0.717) is 12.6 Å². The van der Waals surface area contributed by atoms with Crippen LogP contribution >= 0.6 is 0 Å². The summed E-state index contributed by atoms with van der Waals surface area (Å²) >= 11 is 0. The monoisotopic (exact) mass is 362 g/mol. The van der Waals surface area contributed by atoms with Crippen molar-refractivity contribution in [3.63, 3.8) is 0 Å². The van der Waals surface area contributed by atoms with Gasteiger partial charge in [-0.25, -0.2) is 4.39 Å². The Labute approximate surface area is 158 Å². The summed E-state index contributed by atoms with van der Waals surface area (Å²) in [6.45, 7) is 13.6. The molecule has 0 unspecified atom stereocenters. The molecule has 0 amide bonds. The van der Waals surface area contributed by atoms with Gasteiger partial charge in [-0.15, -0.1) is 0 Å². The van der Waals surface area contributed by atoms with E-state index in [1.54, 1.807) is 0 Å². The molecule has 1 aliphatic heterocycles. The Bertz CT molecular complexity index is 560. The van der Waals surface area contributed by atoms with Gasteiger partial charge in [0.1, 0.15) is 5.82 Å². The molecule has 4 nitrogen and oxygen atoms in total. The third-order valence-electron chi connectivity index (χ3n) is 5.07. The molecule has 2 N–H and O–H groups in total. The SMILES string of the molecule is CCCN1CCC(NC(=NCC(C)(C)c2ccc(F)cc2)NCC)CC1. The lowest BCUT2D eigenvalue weighted by Gasteiger charge is -2.33. The van der Waals surface area contributed by atoms with Gasteiger partial charge in [0.2, 0.25) is 0 Å². The van der Waals surface area contributed by atoms with Crippen LogP contribution in [0.3, 0.4) is 0 Å². The van der Waals surface area contributed by atoms with Crippen molar-refractivity contribution in [2.75, 3.05) is 32.7 Å². The largest absolute Gasteiger partial charge is 0.357 e. The summed E-state index contributed by atoms with van der Waals surface area (Å²) in [4.78, 5) is 7.36. The van der Waals surface area contributed by atoms with Crippen molar-refractivity contribution in [2.45, 2.75) is 58.4 Å². The highest BCUT2D eigenvalue weighted by molar-refractivity contribution is 5.80. The van der Waals surface area contributed by atoms with Gasteiger partial charge in [-0.2, -0.15) is 0 Å². The van der Waals surface area contributed by atoms with E-state index in [0.717, 1.165) is 44.0 Å². The highest BCUT2D eigenvalue weighted by Crippen LogP contribution is 2.23. The molecule has 5 heteroatoms. The number of hydrogen-bond donors (Lipinski definition) is 2. The van der Waals surface area contributed by atoms with Crippen molar-refractivity contribution in [3.05, 3.63) is 35.6 Å². The van der Waals surface area contributed by atoms with Crippen molar-refractivity contribution in [1.29, 1.82) is 0 Å². The summed E-state index contributed by atoms with van der Waals surface area (Å²) in [6, 6.07) is 7.24. The number of aliphatic imine (C=N–C) groups is 1. The van der Waals surface area contributed by atoms with E-state index < -0.39 is 0 Å². The van der Waals surface area contributed by atoms with E-state index in [9.17, 15) is 4.39 Å². The first-order valence-electron chi connectivity index (χ1n) is 9.98. The van der Waals surface area contributed by atoms with Crippen LogP contribution in [0.5, 0.6) is 0 Å². The molecule has 1 aliphatic rings. The Morgan fingerprint density at radius 3 is 2.42 bits per heavy atom. The van der Waals surface area contributed by atoms with Crippen LogP contribution in [0.4, 0.5) is 4.39 Å². The Kier molecular flexibility index (Phi) is 7.88. The zero-order chi connectivity index (χ0) is 19.0. The van der Waals surface area contributed by atoms with Crippen LogP contribution in [0.15, 0.2) is 29.3 Å². The second-order valence-corrected chi connectivity index (χ2v) is 7.85. The minimum atomic E-state index is -0.197. The maximum atomic E-state index is 13.2. The average molecular weight is 363 g/mol. The lowest BCUT2D eigenvalue weighted by molar-refractivity contribution is 0.206. The van der Waals surface area contributed by atoms with Gasteiger partial charge in [0.15, 0.2) is 5.96 Å². The van der Waals surface area contributed by atoms with E-state index in [1.807, 2.05) is 12.1 Å². The fraction of sp³-hybridized carbons (Fsp3) is 0.667. The molecule has 0 aliphatic carbocycles. The molecule has 0 spiro atoms. The third kappa shape index (κ3) is 6.27. The number of piperidine rings is 1. The first-order chi connectivity index (χ1) is 12.4. The first kappa shape index (κ1) is 20.7. The summed E-state index contributed by atoms with van der Waals surface area (Å²) in [5, 5.41) is 6.97. The standard InChI is InChI=1S/C21H35FN4/c1-5-13-26-14-11-19(12-15-26)25-20(23-6-2)24-16-21(3,4)17-7-9-18(22)10-8-17/h7-10,19H,5-6,11-16H2,1-4H3,(H2,23,24,25). The van der Waals surface area contributed by atoms with Crippen LogP contribution in [0, 0.1) is 5.82 Å². The van der Waals surface area contributed by atoms with Crippen LogP contribution in [0.25, 0.3) is 0 Å². The molecule has 1 fully saturated rings. The molecule has 26 heavy (non-hydrogen) atoms. The van der Waals surface area contributed by atoms with Crippen molar-refractivity contribution < 1.29 is 4.39 Å². The second kappa shape index (κ2) is 9.91. The number of nitrogens with one attached hydrogen (secondary N) is 2. The fourth-order valence-corrected chi connectivity index (χ4v) is 3.40. The van der Waals surface area contributed by atoms with Crippen molar-refractivity contribution in [1.82, 2.24) is 15.5 Å². The topological polar surface area (TPSA) is 39.7 Å². The van der Waals surface area contributed by atoms with Crippen LogP contribution < -0.4 is 10.6 Å². The maximum absolute atomic E-state index is 13.2. The number of likely N-dealkylation sites (tertiary alicyclic amines) is 1. The predicted molar refractivity (Wildman–Crippen MR) is 108 cm³/mol. The number of nitrogens with zero attached hydrogens (tertiary/aromatic N) is 2. The van der Waals surface area contributed by atoms with E-state index in [2.05, 4.69) is 43.2 Å². The molecule has 2 rings (SSSR count). The van der Waals surface area contributed by atoms with E-state index in [1.165, 1.54) is 25.1 Å². The van der Waals surface area contributed by atoms with Gasteiger partial charge < -0.3 is 15.5 Å². The Balaban J connectivity index is 1.94. The molecule has 1 aromatic carbocycles. The van der Waals surface area contributed by atoms with Gasteiger partial charge >= 0.3 is 0 Å². The first-order valence-corrected chi connectivity index (χ1v) is 9.98. The zero-order valence-electron chi connectivity index (χ0n) is 16.8. The molecule has 1 saturated heterocycles. The Morgan fingerprint density at radius 2 is 1.85 bits per heavy atom. The Hall–Kier alpha value is -1.62. The van der Waals surface area contributed by atoms with Gasteiger partial charge in [-0.3, -0.25) is 4.99 Å². The van der Waals surface area contributed by atoms with Gasteiger partial charge in [0.05, 0.1) is 6.54 Å². The van der Waals surface area contributed by atoms with Crippen molar-refractivity contribution in [2.24, 2.45) is 4.99 Å². The van der Waals surface area contributed by atoms with E-state index in [-0.39, 0.29) is 11.2 Å². The quantitative estimate of drug-likeness (QED) is 0.576. The maximum Gasteiger partial charge on any atom is 0.191 e. The predicted octanol–water partition coefficient (Wildman–Crippen LogP) is 3.53. The Morgan fingerprint density at radius 1 is 1.19 bits per heavy atom. The molecule has 146 valence electrons. The molecule has 0 bridgehead atoms. The van der Waals surface area contributed by atoms with Gasteiger partial charge in [0, 0.05) is 31.1 Å². The van der Waals surface area contributed by atoms with Crippen LogP contribution in [0.1, 0.15) is 52.5 Å². The summed E-state index contributed by atoms with van der Waals surface area (Å²) < 4.78 is 13.2. The average Bonchev–Trinajstić information content (AvgIpc) is 2.62. The summed E-state index contributed by atoms with van der Waals surface area (Å²) in [6.07, 6.45) is 3.54. The zero-order valence-corrected chi connectivity index (χ0v) is 16.8. The van der Waals surface area contributed by atoms with Crippen molar-refractivity contribution in [3.8, 4) is 0 Å². The number of rotatable bonds is 7. The number of benzene rings is 1. The molecule has 0 radical (unpaired) electrons. The fourth-order valence-electron chi connectivity index (χ4n) is 3.40. The lowest BCUT2D eigenvalue weighted by Crippen LogP contribution is -2.49. The summed E-state index contributed by atoms with van der Waals surface area (Å²) in [5.74, 6) is 0.689. The molecule has 1 aromatic rings. The minimum absolute atomic E-state index is 0.138. The summed E-state index contributed by atoms with van der Waals surface area (Å²) in [7, 11) is 0. The number of hydrogen-bond acceptors (Lipinski definition) is 2. The normalized spacial score (nSPS) is 17.3. The smallest absolute Gasteiger partial charge is 0.191 e. The summed E-state index contributed by atoms with van der Waals surface area (Å²) in [5.41, 5.74) is 0.965. The molecular formula is C21H35FN4. The number of halogens is 1. The number of guanidine groups is 1. The molecular weight excluding hydrogens is 327 g/mol. The van der Waals surface area contributed by atoms with Gasteiger partial charge in [0.25, 0.3) is 0 Å². The highest BCUT2D eigenvalue weighted by atomic mass is 19.1. The third-order valence-corrected chi connectivity index (χ3v) is 5.07. The van der Waals surface area contributed by atoms with E-state index in [4.69, 9.17) is 4.99 Å². The van der Waals surface area contributed by atoms with Crippen molar-refractivity contribution >= 4 is 5.96 Å². The van der Waals surface area contributed by atoms with Crippen LogP contribution in [0.2, 0.25) is 0 Å². The van der Waals surface area contributed by atoms with E-state index >= 15 is 0 Å². The lowest BCUT2D eigenvalue weighted by atomic mass is 9.85. The molecule has 1 heterocycles. The highest BCUT2D eigenvalue weighted by Gasteiger charge is 2.22. The van der Waals surface area contributed by atoms with Gasteiger partial charge in [-0.05, 0) is 50.4 Å². The van der Waals surface area contributed by atoms with Crippen LogP contribution in [-0.4, -0.2) is 49.6 Å². The molecule has 0 aromatic heterocycles. The molecule has 0 saturated carbocycles.